The molecule has 1 unspecified atom stereocenters. The topological polar surface area (TPSA) is 48.6 Å². The number of thiazole rings is 1. The lowest BCUT2D eigenvalue weighted by Gasteiger charge is -2.17. The van der Waals surface area contributed by atoms with Crippen molar-refractivity contribution in [3.63, 3.8) is 0 Å². The average molecular weight is 561 g/mol. The lowest BCUT2D eigenvalue weighted by molar-refractivity contribution is -0.683. The van der Waals surface area contributed by atoms with Crippen LogP contribution in [0.25, 0.3) is 0 Å². The molecular weight excluding hydrogens is 506 g/mol. The first-order valence-corrected chi connectivity index (χ1v) is 16.4. The maximum absolute atomic E-state index is 12.5. The Balaban J connectivity index is 1.48. The number of carbonyl (C=O) groups is 1. The van der Waals surface area contributed by atoms with Crippen molar-refractivity contribution in [3.8, 4) is 0 Å². The van der Waals surface area contributed by atoms with Crippen LogP contribution in [0.4, 0.5) is 0 Å². The molecule has 2 rings (SSSR count). The number of esters is 1. The van der Waals surface area contributed by atoms with Gasteiger partial charge < -0.3 is 14.2 Å². The molecule has 0 aliphatic heterocycles. The zero-order valence-corrected chi connectivity index (χ0v) is 25.8. The quantitative estimate of drug-likeness (QED) is 0.0734. The van der Waals surface area contributed by atoms with E-state index >= 15 is 0 Å². The fraction of sp³-hybridized carbons (Fsp3) is 0.697. The van der Waals surface area contributed by atoms with Crippen LogP contribution in [0.1, 0.15) is 125 Å². The molecule has 0 aliphatic rings. The number of aryl methyl sites for hydroxylation is 1. The minimum Gasteiger partial charge on any atom is -0.459 e. The second-order valence-corrected chi connectivity index (χ2v) is 11.8. The third-order valence-electron chi connectivity index (χ3n) is 7.03. The molecule has 0 amide bonds. The maximum Gasteiger partial charge on any atom is 0.338 e. The van der Waals surface area contributed by atoms with Gasteiger partial charge in [0.15, 0.2) is 12.7 Å². The minimum atomic E-state index is -0.322. The molecule has 1 heterocycles. The summed E-state index contributed by atoms with van der Waals surface area (Å²) in [6.45, 7) is 9.09. The summed E-state index contributed by atoms with van der Waals surface area (Å²) in [4.78, 5) is 13.8. The predicted molar refractivity (Wildman–Crippen MR) is 162 cm³/mol. The third kappa shape index (κ3) is 16.2. The molecule has 0 radical (unpaired) electrons. The maximum atomic E-state index is 12.5. The summed E-state index contributed by atoms with van der Waals surface area (Å²) in [5.74, 6) is -0.322. The number of benzene rings is 1. The van der Waals surface area contributed by atoms with Gasteiger partial charge in [0, 0.05) is 18.8 Å². The van der Waals surface area contributed by atoms with Crippen LogP contribution >= 0.6 is 11.3 Å². The number of rotatable bonds is 24. The number of nitrogens with zero attached hydrogens (tertiary/aromatic N) is 1. The van der Waals surface area contributed by atoms with Gasteiger partial charge in [0.05, 0.1) is 17.0 Å². The lowest BCUT2D eigenvalue weighted by Crippen LogP contribution is -2.30. The van der Waals surface area contributed by atoms with Gasteiger partial charge in [-0.2, -0.15) is 4.57 Å². The van der Waals surface area contributed by atoms with Crippen LogP contribution in [0.3, 0.4) is 0 Å². The smallest absolute Gasteiger partial charge is 0.338 e. The number of aromatic nitrogens is 1. The van der Waals surface area contributed by atoms with E-state index in [1.165, 1.54) is 88.3 Å². The lowest BCUT2D eigenvalue weighted by atomic mass is 10.0. The molecular formula is C33H54NO4S+. The highest BCUT2D eigenvalue weighted by atomic mass is 32.1. The van der Waals surface area contributed by atoms with Crippen LogP contribution in [0, 0.1) is 6.92 Å². The number of ether oxygens (including phenoxy) is 3. The van der Waals surface area contributed by atoms with Gasteiger partial charge in [-0.3, -0.25) is 0 Å². The Morgan fingerprint density at radius 1 is 0.821 bits per heavy atom. The highest BCUT2D eigenvalue weighted by Crippen LogP contribution is 2.13. The van der Waals surface area contributed by atoms with Crippen molar-refractivity contribution < 1.29 is 23.6 Å². The van der Waals surface area contributed by atoms with Crippen LogP contribution in [-0.4, -0.2) is 38.5 Å². The molecule has 5 nitrogen and oxygen atoms in total. The molecule has 6 heteroatoms. The van der Waals surface area contributed by atoms with Crippen LogP contribution in [0.5, 0.6) is 0 Å². The molecule has 0 aliphatic carbocycles. The Labute approximate surface area is 242 Å². The standard InChI is InChI=1S/C33H54NO4S/c1-4-6-7-8-9-10-11-12-13-14-15-16-17-18-23-36-26-32(37-5-2)27-38-33(35)31-21-19-30(20-22-31)25-34-24-29(3)39-28-34/h19-22,24,28,32H,4-18,23,25-27H2,1-3H3/q+1. The molecule has 0 fully saturated rings. The summed E-state index contributed by atoms with van der Waals surface area (Å²) in [6, 6.07) is 7.63. The van der Waals surface area contributed by atoms with Gasteiger partial charge in [-0.1, -0.05) is 114 Å². The molecule has 39 heavy (non-hydrogen) atoms. The van der Waals surface area contributed by atoms with Gasteiger partial charge in [-0.15, -0.1) is 0 Å². The van der Waals surface area contributed by atoms with E-state index in [-0.39, 0.29) is 18.7 Å². The van der Waals surface area contributed by atoms with Crippen molar-refractivity contribution in [1.82, 2.24) is 0 Å². The summed E-state index contributed by atoms with van der Waals surface area (Å²) in [5, 5.41) is 0. The highest BCUT2D eigenvalue weighted by Gasteiger charge is 2.15. The Hall–Kier alpha value is -1.76. The number of carbonyl (C=O) groups excluding carboxylic acids is 1. The number of hydrogen-bond acceptors (Lipinski definition) is 5. The predicted octanol–water partition coefficient (Wildman–Crippen LogP) is 8.45. The Morgan fingerprint density at radius 2 is 1.41 bits per heavy atom. The summed E-state index contributed by atoms with van der Waals surface area (Å²) in [5.41, 5.74) is 3.81. The molecule has 0 N–H and O–H groups in total. The van der Waals surface area contributed by atoms with E-state index in [0.717, 1.165) is 25.1 Å². The summed E-state index contributed by atoms with van der Waals surface area (Å²) in [7, 11) is 0. The van der Waals surface area contributed by atoms with E-state index in [4.69, 9.17) is 14.2 Å². The van der Waals surface area contributed by atoms with Gasteiger partial charge in [0.25, 0.3) is 0 Å². The van der Waals surface area contributed by atoms with Crippen molar-refractivity contribution in [3.05, 3.63) is 52.0 Å². The van der Waals surface area contributed by atoms with Crippen LogP contribution in [0.15, 0.2) is 36.0 Å². The summed E-state index contributed by atoms with van der Waals surface area (Å²) in [6.07, 6.45) is 20.8. The van der Waals surface area contributed by atoms with Crippen LogP contribution in [-0.2, 0) is 20.8 Å². The van der Waals surface area contributed by atoms with Crippen molar-refractivity contribution in [2.24, 2.45) is 0 Å². The zero-order valence-electron chi connectivity index (χ0n) is 25.0. The largest absolute Gasteiger partial charge is 0.459 e. The van der Waals surface area contributed by atoms with Crippen LogP contribution in [0.2, 0.25) is 0 Å². The second kappa shape index (κ2) is 22.0. The number of unbranched alkanes of at least 4 members (excludes halogenated alkanes) is 13. The van der Waals surface area contributed by atoms with Gasteiger partial charge in [0.1, 0.15) is 12.7 Å². The summed E-state index contributed by atoms with van der Waals surface area (Å²) < 4.78 is 19.3. The van der Waals surface area contributed by atoms with Gasteiger partial charge in [-0.05, 0) is 32.4 Å². The first-order valence-electron chi connectivity index (χ1n) is 15.5. The SMILES string of the molecule is CCCCCCCCCCCCCCCCOCC(COC(=O)c1ccc(C[n+]2csc(C)c2)cc1)OCC. The number of hydrogen-bond donors (Lipinski definition) is 0. The van der Waals surface area contributed by atoms with Crippen LogP contribution < -0.4 is 4.57 Å². The first-order chi connectivity index (χ1) is 19.1. The minimum absolute atomic E-state index is 0.206. The van der Waals surface area contributed by atoms with Crippen molar-refractivity contribution in [2.75, 3.05) is 26.4 Å². The van der Waals surface area contributed by atoms with E-state index in [0.29, 0.717) is 18.8 Å². The molecule has 2 aromatic rings. The Kier molecular flexibility index (Phi) is 18.9. The molecule has 220 valence electrons. The van der Waals surface area contributed by atoms with E-state index in [1.807, 2.05) is 31.2 Å². The van der Waals surface area contributed by atoms with E-state index in [9.17, 15) is 4.79 Å². The van der Waals surface area contributed by atoms with E-state index in [1.54, 1.807) is 11.3 Å². The normalized spacial score (nSPS) is 12.1. The molecule has 0 saturated carbocycles. The molecule has 1 aromatic carbocycles. The van der Waals surface area contributed by atoms with Crippen molar-refractivity contribution in [1.29, 1.82) is 0 Å². The van der Waals surface area contributed by atoms with Crippen molar-refractivity contribution in [2.45, 2.75) is 123 Å². The molecule has 0 spiro atoms. The Morgan fingerprint density at radius 3 is 1.95 bits per heavy atom. The molecule has 0 saturated heterocycles. The fourth-order valence-corrected chi connectivity index (χ4v) is 5.36. The fourth-order valence-electron chi connectivity index (χ4n) is 4.73. The van der Waals surface area contributed by atoms with Gasteiger partial charge in [-0.25, -0.2) is 4.79 Å². The van der Waals surface area contributed by atoms with Crippen molar-refractivity contribution >= 4 is 17.3 Å². The van der Waals surface area contributed by atoms with Gasteiger partial charge >= 0.3 is 5.97 Å². The van der Waals surface area contributed by atoms with E-state index in [2.05, 4.69) is 30.1 Å². The molecule has 1 aromatic heterocycles. The monoisotopic (exact) mass is 560 g/mol. The first kappa shape index (κ1) is 33.4. The second-order valence-electron chi connectivity index (χ2n) is 10.7. The highest BCUT2D eigenvalue weighted by molar-refractivity contribution is 7.09. The third-order valence-corrected chi connectivity index (χ3v) is 7.88. The average Bonchev–Trinajstić information content (AvgIpc) is 3.35. The van der Waals surface area contributed by atoms with E-state index < -0.39 is 0 Å². The Bertz CT molecular complexity index is 867. The zero-order chi connectivity index (χ0) is 28.0. The molecule has 0 bridgehead atoms. The molecule has 1 atom stereocenters. The summed E-state index contributed by atoms with van der Waals surface area (Å²) >= 11 is 1.73. The van der Waals surface area contributed by atoms with Gasteiger partial charge in [0.2, 0.25) is 5.51 Å².